The Morgan fingerprint density at radius 1 is 1.50 bits per heavy atom. The minimum atomic E-state index is -0.730. The third-order valence-corrected chi connectivity index (χ3v) is 2.67. The molecule has 1 heterocycles. The first-order chi connectivity index (χ1) is 8.63. The summed E-state index contributed by atoms with van der Waals surface area (Å²) in [5.41, 5.74) is 0.118. The molecular weight excluding hydrogens is 307 g/mol. The van der Waals surface area contributed by atoms with Gasteiger partial charge >= 0.3 is 11.9 Å². The fourth-order valence-corrected chi connectivity index (χ4v) is 1.64. The number of rotatable bonds is 3. The Balaban J connectivity index is 2.35. The zero-order valence-corrected chi connectivity index (χ0v) is 10.9. The van der Waals surface area contributed by atoms with Gasteiger partial charge in [0.2, 0.25) is 0 Å². The van der Waals surface area contributed by atoms with Crippen molar-refractivity contribution in [3.8, 4) is 11.5 Å². The summed E-state index contributed by atoms with van der Waals surface area (Å²) in [6, 6.07) is 4.64. The SMILES string of the molecule is CCOC(=O)c1nnc(-c2cccc(Br)c2F)o1. The molecule has 0 amide bonds. The van der Waals surface area contributed by atoms with Crippen LogP contribution >= 0.6 is 15.9 Å². The van der Waals surface area contributed by atoms with Crippen LogP contribution < -0.4 is 0 Å². The molecule has 7 heteroatoms. The van der Waals surface area contributed by atoms with Gasteiger partial charge in [-0.15, -0.1) is 10.2 Å². The molecule has 0 fully saturated rings. The fraction of sp³-hybridized carbons (Fsp3) is 0.182. The quantitative estimate of drug-likeness (QED) is 0.815. The van der Waals surface area contributed by atoms with Crippen molar-refractivity contribution < 1.29 is 18.3 Å². The molecular formula is C11H8BrFN2O3. The standard InChI is InChI=1S/C11H8BrFN2O3/c1-2-17-11(16)10-15-14-9(18-10)6-4-3-5-7(12)8(6)13/h3-5H,2H2,1H3. The van der Waals surface area contributed by atoms with E-state index < -0.39 is 11.8 Å². The van der Waals surface area contributed by atoms with Crippen LogP contribution in [0.3, 0.4) is 0 Å². The maximum atomic E-state index is 13.8. The Bertz CT molecular complexity index is 585. The van der Waals surface area contributed by atoms with Crippen LogP contribution in [0.15, 0.2) is 27.1 Å². The van der Waals surface area contributed by atoms with Gasteiger partial charge in [0.1, 0.15) is 5.82 Å². The molecule has 2 aromatic rings. The van der Waals surface area contributed by atoms with Gasteiger partial charge in [0, 0.05) is 0 Å². The van der Waals surface area contributed by atoms with Crippen molar-refractivity contribution in [2.75, 3.05) is 6.61 Å². The van der Waals surface area contributed by atoms with Crippen LogP contribution in [0.25, 0.3) is 11.5 Å². The minimum absolute atomic E-state index is 0.0724. The van der Waals surface area contributed by atoms with Crippen molar-refractivity contribution in [1.29, 1.82) is 0 Å². The van der Waals surface area contributed by atoms with Gasteiger partial charge in [0.15, 0.2) is 0 Å². The summed E-state index contributed by atoms with van der Waals surface area (Å²) >= 11 is 3.05. The summed E-state index contributed by atoms with van der Waals surface area (Å²) in [4.78, 5) is 11.3. The molecule has 0 bridgehead atoms. The molecule has 0 aliphatic rings. The number of hydrogen-bond acceptors (Lipinski definition) is 5. The molecule has 5 nitrogen and oxygen atoms in total. The molecule has 1 aromatic heterocycles. The third-order valence-electron chi connectivity index (χ3n) is 2.06. The number of halogens is 2. The van der Waals surface area contributed by atoms with Gasteiger partial charge in [0.05, 0.1) is 16.6 Å². The first-order valence-electron chi connectivity index (χ1n) is 5.08. The van der Waals surface area contributed by atoms with E-state index in [0.29, 0.717) is 0 Å². The Hall–Kier alpha value is -1.76. The van der Waals surface area contributed by atoms with Crippen molar-refractivity contribution in [1.82, 2.24) is 10.2 Å². The van der Waals surface area contributed by atoms with Crippen molar-refractivity contribution in [2.45, 2.75) is 6.92 Å². The van der Waals surface area contributed by atoms with E-state index in [1.807, 2.05) is 0 Å². The lowest BCUT2D eigenvalue weighted by Gasteiger charge is -1.99. The van der Waals surface area contributed by atoms with E-state index in [4.69, 9.17) is 9.15 Å². The molecule has 0 saturated carbocycles. The fourth-order valence-electron chi connectivity index (χ4n) is 1.28. The topological polar surface area (TPSA) is 65.2 Å². The van der Waals surface area contributed by atoms with E-state index in [0.717, 1.165) is 0 Å². The van der Waals surface area contributed by atoms with Crippen molar-refractivity contribution in [3.05, 3.63) is 34.4 Å². The monoisotopic (exact) mass is 314 g/mol. The summed E-state index contributed by atoms with van der Waals surface area (Å²) in [6.07, 6.45) is 0. The molecule has 1 aromatic carbocycles. The highest BCUT2D eigenvalue weighted by Gasteiger charge is 2.19. The Kier molecular flexibility index (Phi) is 3.71. The highest BCUT2D eigenvalue weighted by atomic mass is 79.9. The van der Waals surface area contributed by atoms with Gasteiger partial charge in [-0.25, -0.2) is 9.18 Å². The maximum Gasteiger partial charge on any atom is 0.396 e. The summed E-state index contributed by atoms with van der Waals surface area (Å²) in [6.45, 7) is 1.85. The predicted molar refractivity (Wildman–Crippen MR) is 63.3 cm³/mol. The highest BCUT2D eigenvalue weighted by Crippen LogP contribution is 2.26. The molecule has 0 spiro atoms. The zero-order chi connectivity index (χ0) is 13.1. The number of carbonyl (C=O) groups is 1. The first kappa shape index (κ1) is 12.7. The van der Waals surface area contributed by atoms with E-state index in [1.54, 1.807) is 19.1 Å². The van der Waals surface area contributed by atoms with Gasteiger partial charge in [-0.2, -0.15) is 0 Å². The molecule has 0 radical (unpaired) electrons. The van der Waals surface area contributed by atoms with Crippen LogP contribution in [-0.2, 0) is 4.74 Å². The zero-order valence-electron chi connectivity index (χ0n) is 9.31. The minimum Gasteiger partial charge on any atom is -0.459 e. The predicted octanol–water partition coefficient (Wildman–Crippen LogP) is 2.81. The molecule has 0 aliphatic carbocycles. The lowest BCUT2D eigenvalue weighted by atomic mass is 10.2. The molecule has 0 N–H and O–H groups in total. The van der Waals surface area contributed by atoms with E-state index in [1.165, 1.54) is 6.07 Å². The molecule has 0 aliphatic heterocycles. The van der Waals surface area contributed by atoms with Gasteiger partial charge in [-0.05, 0) is 35.0 Å². The number of benzene rings is 1. The van der Waals surface area contributed by atoms with Crippen LogP contribution in [0.4, 0.5) is 4.39 Å². The molecule has 2 rings (SSSR count). The van der Waals surface area contributed by atoms with Crippen LogP contribution in [0, 0.1) is 5.82 Å². The number of carbonyl (C=O) groups excluding carboxylic acids is 1. The highest BCUT2D eigenvalue weighted by molar-refractivity contribution is 9.10. The van der Waals surface area contributed by atoms with Crippen molar-refractivity contribution in [2.24, 2.45) is 0 Å². The van der Waals surface area contributed by atoms with Gasteiger partial charge in [-0.3, -0.25) is 0 Å². The molecule has 0 unspecified atom stereocenters. The lowest BCUT2D eigenvalue weighted by Crippen LogP contribution is -2.04. The second-order valence-corrected chi connectivity index (χ2v) is 4.09. The maximum absolute atomic E-state index is 13.8. The molecule has 0 saturated heterocycles. The number of esters is 1. The summed E-state index contributed by atoms with van der Waals surface area (Å²) in [5.74, 6) is -1.63. The Morgan fingerprint density at radius 2 is 2.28 bits per heavy atom. The number of nitrogens with zero attached hydrogens (tertiary/aromatic N) is 2. The summed E-state index contributed by atoms with van der Waals surface area (Å²) in [7, 11) is 0. The first-order valence-corrected chi connectivity index (χ1v) is 5.87. The smallest absolute Gasteiger partial charge is 0.396 e. The third kappa shape index (κ3) is 2.40. The van der Waals surface area contributed by atoms with Crippen LogP contribution in [-0.4, -0.2) is 22.8 Å². The normalized spacial score (nSPS) is 10.4. The van der Waals surface area contributed by atoms with Crippen LogP contribution in [0.1, 0.15) is 17.6 Å². The van der Waals surface area contributed by atoms with E-state index in [9.17, 15) is 9.18 Å². The largest absolute Gasteiger partial charge is 0.459 e. The summed E-state index contributed by atoms with van der Waals surface area (Å²) < 4.78 is 23.8. The molecule has 18 heavy (non-hydrogen) atoms. The van der Waals surface area contributed by atoms with Gasteiger partial charge < -0.3 is 9.15 Å². The number of hydrogen-bond donors (Lipinski definition) is 0. The summed E-state index contributed by atoms with van der Waals surface area (Å²) in [5, 5.41) is 7.12. The van der Waals surface area contributed by atoms with Gasteiger partial charge in [0.25, 0.3) is 5.89 Å². The Morgan fingerprint density at radius 3 is 3.00 bits per heavy atom. The second-order valence-electron chi connectivity index (χ2n) is 3.23. The van der Waals surface area contributed by atoms with Gasteiger partial charge in [-0.1, -0.05) is 6.07 Å². The number of ether oxygens (including phenoxy) is 1. The van der Waals surface area contributed by atoms with E-state index in [2.05, 4.69) is 26.1 Å². The molecule has 94 valence electrons. The second kappa shape index (κ2) is 5.26. The lowest BCUT2D eigenvalue weighted by molar-refractivity contribution is 0.0481. The van der Waals surface area contributed by atoms with Crippen LogP contribution in [0.2, 0.25) is 0 Å². The van der Waals surface area contributed by atoms with E-state index >= 15 is 0 Å². The molecule has 0 atom stereocenters. The average molecular weight is 315 g/mol. The van der Waals surface area contributed by atoms with Crippen LogP contribution in [0.5, 0.6) is 0 Å². The number of aromatic nitrogens is 2. The van der Waals surface area contributed by atoms with E-state index in [-0.39, 0.29) is 28.4 Å². The average Bonchev–Trinajstić information content (AvgIpc) is 2.82. The van der Waals surface area contributed by atoms with Crippen molar-refractivity contribution in [3.63, 3.8) is 0 Å². The Labute approximate surface area is 110 Å². The van der Waals surface area contributed by atoms with Crippen molar-refractivity contribution >= 4 is 21.9 Å².